The van der Waals surface area contributed by atoms with Gasteiger partial charge >= 0.3 is 0 Å². The Kier molecular flexibility index (Phi) is 8.43. The summed E-state index contributed by atoms with van der Waals surface area (Å²) in [6.45, 7) is 6.42. The number of nitriles is 1. The summed E-state index contributed by atoms with van der Waals surface area (Å²) in [6.07, 6.45) is -0.808. The second-order valence-corrected chi connectivity index (χ2v) is 12.9. The largest absolute Gasteiger partial charge is 0.391 e. The van der Waals surface area contributed by atoms with Gasteiger partial charge in [-0.05, 0) is 46.2 Å². The number of aliphatic hydroxyl groups is 1. The van der Waals surface area contributed by atoms with Crippen molar-refractivity contribution in [3.05, 3.63) is 89.3 Å². The first kappa shape index (κ1) is 26.3. The van der Waals surface area contributed by atoms with Crippen molar-refractivity contribution >= 4 is 33.9 Å². The van der Waals surface area contributed by atoms with Crippen LogP contribution in [0.4, 0.5) is 0 Å². The molecule has 1 N–H and O–H groups in total. The lowest BCUT2D eigenvalue weighted by Gasteiger charge is -2.19. The number of aliphatic hydroxyl groups excluding tert-OH is 1. The van der Waals surface area contributed by atoms with E-state index in [1.165, 1.54) is 17.3 Å². The third kappa shape index (κ3) is 6.32. The minimum absolute atomic E-state index is 0.0257. The highest BCUT2D eigenvalue weighted by Crippen LogP contribution is 2.35. The summed E-state index contributed by atoms with van der Waals surface area (Å²) in [7, 11) is -1.32. The molecule has 0 saturated carbocycles. The summed E-state index contributed by atoms with van der Waals surface area (Å²) in [5, 5.41) is 23.3. The monoisotopic (exact) mass is 532 g/mol. The smallest absolute Gasteiger partial charge is 0.115 e. The zero-order valence-electron chi connectivity index (χ0n) is 20.5. The average Bonchev–Trinajstić information content (AvgIpc) is 3.42. The van der Waals surface area contributed by atoms with Gasteiger partial charge in [-0.3, -0.25) is 4.21 Å². The summed E-state index contributed by atoms with van der Waals surface area (Å²) >= 11 is 2.92. The predicted octanol–water partition coefficient (Wildman–Crippen LogP) is 6.91. The Hall–Kier alpha value is -2.76. The van der Waals surface area contributed by atoms with Crippen LogP contribution >= 0.6 is 23.1 Å². The first-order valence-corrected chi connectivity index (χ1v) is 14.8. The van der Waals surface area contributed by atoms with Gasteiger partial charge in [0, 0.05) is 16.2 Å². The van der Waals surface area contributed by atoms with Gasteiger partial charge in [0.25, 0.3) is 0 Å². The Morgan fingerprint density at radius 1 is 1.08 bits per heavy atom. The SMILES string of the molecule is CC(C)(C)c1ccc([S@](=O)C[C@H](O)CSc2nc(-c3cccs3)cc(-c3ccccc3)c2C#N)cc1. The van der Waals surface area contributed by atoms with Crippen LogP contribution < -0.4 is 0 Å². The van der Waals surface area contributed by atoms with Crippen molar-refractivity contribution < 1.29 is 9.32 Å². The van der Waals surface area contributed by atoms with Crippen LogP contribution in [0.3, 0.4) is 0 Å². The van der Waals surface area contributed by atoms with E-state index in [2.05, 4.69) is 26.8 Å². The lowest BCUT2D eigenvalue weighted by atomic mass is 9.87. The highest BCUT2D eigenvalue weighted by atomic mass is 32.2. The molecule has 0 bridgehead atoms. The number of rotatable bonds is 8. The second-order valence-electron chi connectivity index (χ2n) is 9.44. The van der Waals surface area contributed by atoms with Crippen molar-refractivity contribution in [3.63, 3.8) is 0 Å². The van der Waals surface area contributed by atoms with Gasteiger partial charge in [-0.15, -0.1) is 23.1 Å². The van der Waals surface area contributed by atoms with E-state index in [9.17, 15) is 14.6 Å². The fraction of sp³-hybridized carbons (Fsp3) is 0.241. The molecule has 4 rings (SSSR count). The van der Waals surface area contributed by atoms with Crippen LogP contribution in [0.5, 0.6) is 0 Å². The number of pyridine rings is 1. The molecule has 2 heterocycles. The molecule has 0 fully saturated rings. The lowest BCUT2D eigenvalue weighted by molar-refractivity contribution is 0.224. The summed E-state index contributed by atoms with van der Waals surface area (Å²) in [4.78, 5) is 6.49. The third-order valence-electron chi connectivity index (χ3n) is 5.70. The van der Waals surface area contributed by atoms with Crippen LogP contribution in [0.25, 0.3) is 21.7 Å². The van der Waals surface area contributed by atoms with E-state index in [0.29, 0.717) is 15.5 Å². The van der Waals surface area contributed by atoms with E-state index in [0.717, 1.165) is 21.7 Å². The topological polar surface area (TPSA) is 74.0 Å². The molecule has 2 aromatic carbocycles. The van der Waals surface area contributed by atoms with Crippen molar-refractivity contribution in [1.29, 1.82) is 5.26 Å². The Morgan fingerprint density at radius 2 is 1.81 bits per heavy atom. The fourth-order valence-electron chi connectivity index (χ4n) is 3.73. The van der Waals surface area contributed by atoms with Crippen LogP contribution in [0.2, 0.25) is 0 Å². The molecule has 0 amide bonds. The number of hydrogen-bond acceptors (Lipinski definition) is 6. The van der Waals surface area contributed by atoms with E-state index in [1.807, 2.05) is 78.2 Å². The maximum atomic E-state index is 12.9. The van der Waals surface area contributed by atoms with E-state index < -0.39 is 16.9 Å². The highest BCUT2D eigenvalue weighted by Gasteiger charge is 2.19. The Bertz CT molecular complexity index is 1370. The minimum Gasteiger partial charge on any atom is -0.391 e. The summed E-state index contributed by atoms with van der Waals surface area (Å²) in [6, 6.07) is 25.8. The molecule has 7 heteroatoms. The molecule has 2 atom stereocenters. The standard InChI is InChI=1S/C29H28N2O2S3/c1-29(2,3)21-11-13-23(14-12-21)36(33)19-22(32)18-35-28-25(17-30)24(20-8-5-4-6-9-20)16-26(31-28)27-10-7-15-34-27/h4-16,22,32H,18-19H2,1-3H3/t22-,36-/m1/s1. The van der Waals surface area contributed by atoms with E-state index in [4.69, 9.17) is 4.98 Å². The molecule has 2 aromatic heterocycles. The lowest BCUT2D eigenvalue weighted by Crippen LogP contribution is -2.20. The quantitative estimate of drug-likeness (QED) is 0.250. The van der Waals surface area contributed by atoms with Crippen LogP contribution in [0.15, 0.2) is 88.1 Å². The molecule has 184 valence electrons. The van der Waals surface area contributed by atoms with Gasteiger partial charge in [-0.25, -0.2) is 4.98 Å². The summed E-state index contributed by atoms with van der Waals surface area (Å²) in [5.74, 6) is 0.412. The zero-order valence-corrected chi connectivity index (χ0v) is 22.9. The Balaban J connectivity index is 1.53. The van der Waals surface area contributed by atoms with Gasteiger partial charge in [0.05, 0.1) is 38.8 Å². The number of aromatic nitrogens is 1. The summed E-state index contributed by atoms with van der Waals surface area (Å²) in [5.41, 5.74) is 4.24. The molecular formula is C29H28N2O2S3. The van der Waals surface area contributed by atoms with Crippen molar-refractivity contribution in [2.75, 3.05) is 11.5 Å². The number of thiophene rings is 1. The number of nitrogens with zero attached hydrogens (tertiary/aromatic N) is 2. The molecule has 0 unspecified atom stereocenters. The average molecular weight is 533 g/mol. The second kappa shape index (κ2) is 11.5. The van der Waals surface area contributed by atoms with Gasteiger partial charge in [-0.2, -0.15) is 5.26 Å². The van der Waals surface area contributed by atoms with E-state index >= 15 is 0 Å². The fourth-order valence-corrected chi connectivity index (χ4v) is 6.60. The molecule has 0 aliphatic carbocycles. The van der Waals surface area contributed by atoms with Gasteiger partial charge in [0.2, 0.25) is 0 Å². The predicted molar refractivity (Wildman–Crippen MR) is 151 cm³/mol. The number of benzene rings is 2. The van der Waals surface area contributed by atoms with E-state index in [-0.39, 0.29) is 16.9 Å². The van der Waals surface area contributed by atoms with Gasteiger partial charge in [0.15, 0.2) is 0 Å². The van der Waals surface area contributed by atoms with Gasteiger partial charge < -0.3 is 5.11 Å². The van der Waals surface area contributed by atoms with Crippen molar-refractivity contribution in [1.82, 2.24) is 4.98 Å². The first-order chi connectivity index (χ1) is 17.3. The summed E-state index contributed by atoms with van der Waals surface area (Å²) < 4.78 is 12.9. The molecule has 0 aliphatic heterocycles. The van der Waals surface area contributed by atoms with Gasteiger partial charge in [-0.1, -0.05) is 69.3 Å². The zero-order chi connectivity index (χ0) is 25.7. The van der Waals surface area contributed by atoms with Crippen LogP contribution in [0.1, 0.15) is 31.9 Å². The van der Waals surface area contributed by atoms with Crippen molar-refractivity contribution in [2.45, 2.75) is 42.2 Å². The van der Waals surface area contributed by atoms with Crippen molar-refractivity contribution in [3.8, 4) is 27.8 Å². The number of thioether (sulfide) groups is 1. The molecule has 0 radical (unpaired) electrons. The molecule has 36 heavy (non-hydrogen) atoms. The molecule has 4 aromatic rings. The van der Waals surface area contributed by atoms with E-state index in [1.54, 1.807) is 11.3 Å². The van der Waals surface area contributed by atoms with Crippen LogP contribution in [-0.4, -0.2) is 31.9 Å². The maximum Gasteiger partial charge on any atom is 0.115 e. The van der Waals surface area contributed by atoms with Crippen molar-refractivity contribution in [2.24, 2.45) is 0 Å². The number of hydrogen-bond donors (Lipinski definition) is 1. The Labute approximate surface area is 223 Å². The molecule has 4 nitrogen and oxygen atoms in total. The minimum atomic E-state index is -1.32. The third-order valence-corrected chi connectivity index (χ3v) is 9.19. The van der Waals surface area contributed by atoms with Crippen LogP contribution in [-0.2, 0) is 16.2 Å². The molecule has 0 saturated heterocycles. The first-order valence-electron chi connectivity index (χ1n) is 11.6. The molecule has 0 spiro atoms. The van der Waals surface area contributed by atoms with Gasteiger partial charge in [0.1, 0.15) is 11.1 Å². The molecule has 0 aliphatic rings. The highest BCUT2D eigenvalue weighted by molar-refractivity contribution is 7.99. The maximum absolute atomic E-state index is 12.9. The molecular weight excluding hydrogens is 505 g/mol. The normalized spacial score (nSPS) is 13.2. The Morgan fingerprint density at radius 3 is 2.42 bits per heavy atom. The van der Waals surface area contributed by atoms with Crippen LogP contribution in [0, 0.1) is 11.3 Å².